The number of hydrogen-bond donors (Lipinski definition) is 0. The predicted octanol–water partition coefficient (Wildman–Crippen LogP) is 3.54. The number of carbonyl (C=O) groups excluding carboxylic acids is 1. The SMILES string of the molecule is C=C=CSc1ccccc1OC(=O)C(F)(F)F. The maximum absolute atomic E-state index is 12.0. The summed E-state index contributed by atoms with van der Waals surface area (Å²) >= 11 is 1.06. The molecule has 0 saturated carbocycles. The summed E-state index contributed by atoms with van der Waals surface area (Å²) in [6.45, 7) is 3.32. The van der Waals surface area contributed by atoms with E-state index >= 15 is 0 Å². The van der Waals surface area contributed by atoms with Crippen molar-refractivity contribution >= 4 is 17.7 Å². The molecule has 0 N–H and O–H groups in total. The lowest BCUT2D eigenvalue weighted by Crippen LogP contribution is -2.28. The molecular weight excluding hydrogens is 253 g/mol. The van der Waals surface area contributed by atoms with E-state index in [2.05, 4.69) is 17.0 Å². The first-order chi connectivity index (χ1) is 7.95. The molecule has 0 radical (unpaired) electrons. The summed E-state index contributed by atoms with van der Waals surface area (Å²) in [5, 5.41) is 1.44. The first kappa shape index (κ1) is 13.4. The first-order valence-corrected chi connectivity index (χ1v) is 5.22. The standard InChI is InChI=1S/C11H7F3O2S/c1-2-7-17-9-6-4-3-5-8(9)16-10(15)11(12,13)14/h3-7H,1H2. The van der Waals surface area contributed by atoms with Crippen LogP contribution < -0.4 is 4.74 Å². The number of alkyl halides is 3. The lowest BCUT2D eigenvalue weighted by Gasteiger charge is -2.09. The van der Waals surface area contributed by atoms with Crippen LogP contribution in [0.4, 0.5) is 13.2 Å². The minimum atomic E-state index is -5.01. The zero-order valence-electron chi connectivity index (χ0n) is 8.45. The molecule has 0 saturated heterocycles. The van der Waals surface area contributed by atoms with Crippen molar-refractivity contribution in [3.8, 4) is 5.75 Å². The molecule has 0 amide bonds. The molecule has 1 aromatic rings. The number of carbonyl (C=O) groups is 1. The second kappa shape index (κ2) is 5.61. The molecular formula is C11H7F3O2S. The Hall–Kier alpha value is -1.65. The number of esters is 1. The number of hydrogen-bond acceptors (Lipinski definition) is 3. The van der Waals surface area contributed by atoms with Crippen molar-refractivity contribution in [3.05, 3.63) is 42.0 Å². The van der Waals surface area contributed by atoms with Crippen LogP contribution in [-0.2, 0) is 4.79 Å². The highest BCUT2D eigenvalue weighted by Crippen LogP contribution is 2.31. The quantitative estimate of drug-likeness (QED) is 0.360. The molecule has 0 heterocycles. The molecule has 0 fully saturated rings. The Labute approximate surface area is 99.8 Å². The molecule has 90 valence electrons. The van der Waals surface area contributed by atoms with Crippen molar-refractivity contribution in [2.75, 3.05) is 0 Å². The Bertz CT molecular complexity index is 462. The van der Waals surface area contributed by atoms with Crippen LogP contribution in [0.2, 0.25) is 0 Å². The number of thioether (sulfide) groups is 1. The van der Waals surface area contributed by atoms with Crippen LogP contribution in [0.1, 0.15) is 0 Å². The first-order valence-electron chi connectivity index (χ1n) is 4.34. The molecule has 0 aliphatic carbocycles. The van der Waals surface area contributed by atoms with Crippen LogP contribution in [0, 0.1) is 0 Å². The average molecular weight is 260 g/mol. The van der Waals surface area contributed by atoms with E-state index in [0.717, 1.165) is 11.8 Å². The van der Waals surface area contributed by atoms with Gasteiger partial charge in [-0.05, 0) is 12.1 Å². The van der Waals surface area contributed by atoms with E-state index in [1.165, 1.54) is 23.6 Å². The van der Waals surface area contributed by atoms with E-state index < -0.39 is 12.1 Å². The normalized spacial score (nSPS) is 10.5. The van der Waals surface area contributed by atoms with Gasteiger partial charge in [-0.3, -0.25) is 0 Å². The second-order valence-corrected chi connectivity index (χ2v) is 3.69. The van der Waals surface area contributed by atoms with Crippen molar-refractivity contribution < 1.29 is 22.7 Å². The van der Waals surface area contributed by atoms with E-state index in [9.17, 15) is 18.0 Å². The Morgan fingerprint density at radius 1 is 1.41 bits per heavy atom. The molecule has 1 aromatic carbocycles. The van der Waals surface area contributed by atoms with E-state index in [1.807, 2.05) is 0 Å². The van der Waals surface area contributed by atoms with Gasteiger partial charge in [0.2, 0.25) is 0 Å². The fraction of sp³-hybridized carbons (Fsp3) is 0.0909. The van der Waals surface area contributed by atoms with E-state index in [-0.39, 0.29) is 5.75 Å². The monoisotopic (exact) mass is 260 g/mol. The fourth-order valence-corrected chi connectivity index (χ4v) is 1.49. The van der Waals surface area contributed by atoms with Gasteiger partial charge in [-0.1, -0.05) is 30.5 Å². The van der Waals surface area contributed by atoms with Gasteiger partial charge in [0.05, 0.1) is 4.90 Å². The molecule has 0 aliphatic rings. The van der Waals surface area contributed by atoms with Gasteiger partial charge in [0.15, 0.2) is 0 Å². The number of ether oxygens (including phenoxy) is 1. The fourth-order valence-electron chi connectivity index (χ4n) is 0.895. The van der Waals surface area contributed by atoms with Gasteiger partial charge in [-0.15, -0.1) is 5.73 Å². The van der Waals surface area contributed by atoms with Crippen molar-refractivity contribution in [2.45, 2.75) is 11.1 Å². The summed E-state index contributed by atoms with van der Waals surface area (Å²) in [5.41, 5.74) is 2.45. The molecule has 0 spiro atoms. The maximum Gasteiger partial charge on any atom is 0.491 e. The van der Waals surface area contributed by atoms with Crippen molar-refractivity contribution in [2.24, 2.45) is 0 Å². The van der Waals surface area contributed by atoms with Crippen molar-refractivity contribution in [1.29, 1.82) is 0 Å². The van der Waals surface area contributed by atoms with Crippen LogP contribution in [-0.4, -0.2) is 12.1 Å². The molecule has 0 aliphatic heterocycles. The van der Waals surface area contributed by atoms with Gasteiger partial charge in [-0.25, -0.2) is 4.79 Å². The molecule has 0 bridgehead atoms. The minimum Gasteiger partial charge on any atom is -0.419 e. The average Bonchev–Trinajstić information content (AvgIpc) is 2.26. The summed E-state index contributed by atoms with van der Waals surface area (Å²) in [5.74, 6) is -2.39. The van der Waals surface area contributed by atoms with Crippen LogP contribution in [0.5, 0.6) is 5.75 Å². The van der Waals surface area contributed by atoms with Gasteiger partial charge >= 0.3 is 12.1 Å². The zero-order valence-corrected chi connectivity index (χ0v) is 9.27. The van der Waals surface area contributed by atoms with Crippen molar-refractivity contribution in [3.63, 3.8) is 0 Å². The largest absolute Gasteiger partial charge is 0.491 e. The molecule has 0 atom stereocenters. The number of rotatable bonds is 3. The number of benzene rings is 1. The lowest BCUT2D eigenvalue weighted by atomic mass is 10.3. The Balaban J connectivity index is 2.90. The molecule has 6 heteroatoms. The Morgan fingerprint density at radius 2 is 2.06 bits per heavy atom. The van der Waals surface area contributed by atoms with Gasteiger partial charge < -0.3 is 4.74 Å². The van der Waals surface area contributed by atoms with Crippen molar-refractivity contribution in [1.82, 2.24) is 0 Å². The molecule has 0 unspecified atom stereocenters. The third kappa shape index (κ3) is 4.01. The number of halogens is 3. The van der Waals surface area contributed by atoms with Gasteiger partial charge in [-0.2, -0.15) is 13.2 Å². The van der Waals surface area contributed by atoms with E-state index in [4.69, 9.17) is 0 Å². The molecule has 2 nitrogen and oxygen atoms in total. The Morgan fingerprint density at radius 3 is 2.65 bits per heavy atom. The molecule has 1 rings (SSSR count). The number of para-hydroxylation sites is 1. The highest BCUT2D eigenvalue weighted by molar-refractivity contribution is 8.02. The third-order valence-electron chi connectivity index (χ3n) is 1.55. The Kier molecular flexibility index (Phi) is 4.43. The van der Waals surface area contributed by atoms with Gasteiger partial charge in [0.25, 0.3) is 0 Å². The molecule has 17 heavy (non-hydrogen) atoms. The van der Waals surface area contributed by atoms with Crippen LogP contribution >= 0.6 is 11.8 Å². The highest BCUT2D eigenvalue weighted by atomic mass is 32.2. The smallest absolute Gasteiger partial charge is 0.419 e. The van der Waals surface area contributed by atoms with Crippen LogP contribution in [0.15, 0.2) is 46.9 Å². The van der Waals surface area contributed by atoms with Crippen LogP contribution in [0.25, 0.3) is 0 Å². The highest BCUT2D eigenvalue weighted by Gasteiger charge is 2.41. The maximum atomic E-state index is 12.0. The zero-order chi connectivity index (χ0) is 12.9. The summed E-state index contributed by atoms with van der Waals surface area (Å²) in [4.78, 5) is 11.0. The minimum absolute atomic E-state index is 0.147. The van der Waals surface area contributed by atoms with Gasteiger partial charge in [0.1, 0.15) is 5.75 Å². The molecule has 0 aromatic heterocycles. The summed E-state index contributed by atoms with van der Waals surface area (Å²) in [7, 11) is 0. The van der Waals surface area contributed by atoms with Gasteiger partial charge in [0, 0.05) is 5.41 Å². The summed E-state index contributed by atoms with van der Waals surface area (Å²) in [6.07, 6.45) is -5.01. The summed E-state index contributed by atoms with van der Waals surface area (Å²) < 4.78 is 40.3. The summed E-state index contributed by atoms with van der Waals surface area (Å²) in [6, 6.07) is 5.89. The van der Waals surface area contributed by atoms with Crippen LogP contribution in [0.3, 0.4) is 0 Å². The van der Waals surface area contributed by atoms with E-state index in [1.54, 1.807) is 6.07 Å². The second-order valence-electron chi connectivity index (χ2n) is 2.77. The topological polar surface area (TPSA) is 26.3 Å². The lowest BCUT2D eigenvalue weighted by molar-refractivity contribution is -0.189. The predicted molar refractivity (Wildman–Crippen MR) is 57.7 cm³/mol. The van der Waals surface area contributed by atoms with E-state index in [0.29, 0.717) is 4.90 Å². The third-order valence-corrected chi connectivity index (χ3v) is 2.43.